The quantitative estimate of drug-likeness (QED) is 0.750. The second-order valence-electron chi connectivity index (χ2n) is 9.96. The summed E-state index contributed by atoms with van der Waals surface area (Å²) in [6.45, 7) is 2.26. The van der Waals surface area contributed by atoms with Gasteiger partial charge in [0.25, 0.3) is 0 Å². The van der Waals surface area contributed by atoms with Crippen LogP contribution in [0.15, 0.2) is 24.5 Å². The molecule has 1 saturated heterocycles. The summed E-state index contributed by atoms with van der Waals surface area (Å²) in [7, 11) is 0. The van der Waals surface area contributed by atoms with Crippen LogP contribution in [0.4, 0.5) is 0 Å². The highest BCUT2D eigenvalue weighted by Crippen LogP contribution is 2.61. The van der Waals surface area contributed by atoms with Crippen LogP contribution in [0.5, 0.6) is 0 Å². The second kappa shape index (κ2) is 8.83. The van der Waals surface area contributed by atoms with Gasteiger partial charge in [-0.1, -0.05) is 6.07 Å². The summed E-state index contributed by atoms with van der Waals surface area (Å²) < 4.78 is 0. The lowest BCUT2D eigenvalue weighted by Crippen LogP contribution is -2.52. The van der Waals surface area contributed by atoms with E-state index in [4.69, 9.17) is 0 Å². The van der Waals surface area contributed by atoms with E-state index in [1.54, 1.807) is 6.20 Å². The molecule has 1 aromatic heterocycles. The summed E-state index contributed by atoms with van der Waals surface area (Å²) >= 11 is 0. The number of piperazine rings is 1. The number of hydrogen-bond donors (Lipinski definition) is 2. The lowest BCUT2D eigenvalue weighted by Gasteiger charge is -2.56. The van der Waals surface area contributed by atoms with Crippen molar-refractivity contribution in [1.82, 2.24) is 20.5 Å². The number of rotatable bonds is 5. The van der Waals surface area contributed by atoms with E-state index in [1.165, 1.54) is 38.5 Å². The SMILES string of the molecule is Cl.O=C(CC12CC3CC(CC(C3)C1)C2)NCC(=O)N1CCNCC1c1cccnc1. The van der Waals surface area contributed by atoms with E-state index < -0.39 is 0 Å². The third kappa shape index (κ3) is 4.35. The highest BCUT2D eigenvalue weighted by molar-refractivity contribution is 5.85. The molecule has 30 heavy (non-hydrogen) atoms. The standard InChI is InChI=1S/C23H32N4O2.ClH/c28-21(12-23-9-16-6-17(10-23)8-18(7-16)11-23)26-15-22(29)27-5-4-25-14-20(27)19-2-1-3-24-13-19;/h1-3,13,16-18,20,25H,4-12,14-15H2,(H,26,28);1H. The molecule has 4 saturated carbocycles. The zero-order valence-corrected chi connectivity index (χ0v) is 18.3. The Morgan fingerprint density at radius 2 is 1.87 bits per heavy atom. The van der Waals surface area contributed by atoms with Gasteiger partial charge in [0.05, 0.1) is 12.6 Å². The largest absolute Gasteiger partial charge is 0.347 e. The minimum absolute atomic E-state index is 0. The number of pyridine rings is 1. The smallest absolute Gasteiger partial charge is 0.242 e. The zero-order chi connectivity index (χ0) is 19.8. The number of hydrogen-bond acceptors (Lipinski definition) is 4. The van der Waals surface area contributed by atoms with Gasteiger partial charge in [0.2, 0.25) is 11.8 Å². The molecule has 6 rings (SSSR count). The Bertz CT molecular complexity index is 736. The topological polar surface area (TPSA) is 74.3 Å². The molecule has 7 heteroatoms. The Morgan fingerprint density at radius 1 is 1.17 bits per heavy atom. The van der Waals surface area contributed by atoms with E-state index >= 15 is 0 Å². The maximum atomic E-state index is 12.9. The van der Waals surface area contributed by atoms with Gasteiger partial charge in [0, 0.05) is 38.4 Å². The molecular weight excluding hydrogens is 400 g/mol. The predicted molar refractivity (Wildman–Crippen MR) is 117 cm³/mol. The summed E-state index contributed by atoms with van der Waals surface area (Å²) in [5.74, 6) is 2.60. The van der Waals surface area contributed by atoms with Gasteiger partial charge in [0.1, 0.15) is 0 Å². The number of nitrogens with zero attached hydrogens (tertiary/aromatic N) is 2. The van der Waals surface area contributed by atoms with Gasteiger partial charge in [0.15, 0.2) is 0 Å². The van der Waals surface area contributed by atoms with Crippen LogP contribution in [0.25, 0.3) is 0 Å². The van der Waals surface area contributed by atoms with Gasteiger partial charge in [-0.15, -0.1) is 12.4 Å². The fourth-order valence-corrected chi connectivity index (χ4v) is 7.06. The molecule has 1 aromatic rings. The molecular formula is C23H33ClN4O2. The number of halogens is 1. The van der Waals surface area contributed by atoms with Crippen LogP contribution in [0.3, 0.4) is 0 Å². The first-order chi connectivity index (χ1) is 14.1. The molecule has 0 spiro atoms. The van der Waals surface area contributed by atoms with Crippen LogP contribution in [0, 0.1) is 23.2 Å². The highest BCUT2D eigenvalue weighted by Gasteiger charge is 2.51. The first kappa shape index (κ1) is 21.6. The first-order valence-corrected chi connectivity index (χ1v) is 11.3. The van der Waals surface area contributed by atoms with Crippen molar-refractivity contribution in [2.45, 2.75) is 51.0 Å². The van der Waals surface area contributed by atoms with Gasteiger partial charge in [-0.25, -0.2) is 0 Å². The summed E-state index contributed by atoms with van der Waals surface area (Å²) in [5.41, 5.74) is 1.25. The molecule has 0 aromatic carbocycles. The molecule has 2 amide bonds. The molecule has 2 heterocycles. The lowest BCUT2D eigenvalue weighted by atomic mass is 9.49. The summed E-state index contributed by atoms with van der Waals surface area (Å²) in [5, 5.41) is 6.32. The molecule has 4 bridgehead atoms. The van der Waals surface area contributed by atoms with Crippen LogP contribution >= 0.6 is 12.4 Å². The van der Waals surface area contributed by atoms with Crippen LogP contribution in [0.2, 0.25) is 0 Å². The third-order valence-corrected chi connectivity index (χ3v) is 7.77. The highest BCUT2D eigenvalue weighted by atomic mass is 35.5. The van der Waals surface area contributed by atoms with E-state index in [0.717, 1.165) is 36.4 Å². The Hall–Kier alpha value is -1.66. The molecule has 5 aliphatic rings. The molecule has 1 unspecified atom stereocenters. The van der Waals surface area contributed by atoms with Crippen LogP contribution in [0.1, 0.15) is 56.6 Å². The first-order valence-electron chi connectivity index (χ1n) is 11.3. The van der Waals surface area contributed by atoms with Crippen LogP contribution in [-0.2, 0) is 9.59 Å². The van der Waals surface area contributed by atoms with Gasteiger partial charge in [-0.2, -0.15) is 0 Å². The normalized spacial score (nSPS) is 34.3. The van der Waals surface area contributed by atoms with E-state index in [1.807, 2.05) is 23.2 Å². The number of nitrogens with one attached hydrogen (secondary N) is 2. The number of carbonyl (C=O) groups excluding carboxylic acids is 2. The molecule has 2 N–H and O–H groups in total. The molecule has 1 atom stereocenters. The summed E-state index contributed by atoms with van der Waals surface area (Å²) in [4.78, 5) is 31.8. The van der Waals surface area contributed by atoms with Gasteiger partial charge >= 0.3 is 0 Å². The average molecular weight is 433 g/mol. The number of aromatic nitrogens is 1. The maximum Gasteiger partial charge on any atom is 0.242 e. The predicted octanol–water partition coefficient (Wildman–Crippen LogP) is 2.70. The fraction of sp³-hybridized carbons (Fsp3) is 0.696. The second-order valence-corrected chi connectivity index (χ2v) is 9.96. The molecule has 0 radical (unpaired) electrons. The lowest BCUT2D eigenvalue weighted by molar-refractivity contribution is -0.137. The van der Waals surface area contributed by atoms with Gasteiger partial charge in [-0.05, 0) is 73.3 Å². The Kier molecular flexibility index (Phi) is 6.35. The van der Waals surface area contributed by atoms with E-state index in [-0.39, 0.29) is 42.2 Å². The number of amides is 2. The third-order valence-electron chi connectivity index (χ3n) is 7.77. The van der Waals surface area contributed by atoms with Crippen molar-refractivity contribution in [3.8, 4) is 0 Å². The average Bonchev–Trinajstić information content (AvgIpc) is 2.71. The summed E-state index contributed by atoms with van der Waals surface area (Å²) in [6, 6.07) is 3.89. The molecule has 6 nitrogen and oxygen atoms in total. The van der Waals surface area contributed by atoms with Crippen molar-refractivity contribution in [1.29, 1.82) is 0 Å². The van der Waals surface area contributed by atoms with Crippen LogP contribution in [-0.4, -0.2) is 47.9 Å². The van der Waals surface area contributed by atoms with E-state index in [2.05, 4.69) is 15.6 Å². The Balaban J connectivity index is 0.00000218. The molecule has 164 valence electrons. The maximum absolute atomic E-state index is 12.9. The Morgan fingerprint density at radius 3 is 2.50 bits per heavy atom. The van der Waals surface area contributed by atoms with Gasteiger partial charge < -0.3 is 15.5 Å². The minimum Gasteiger partial charge on any atom is -0.347 e. The summed E-state index contributed by atoms with van der Waals surface area (Å²) in [6.07, 6.45) is 12.0. The van der Waals surface area contributed by atoms with E-state index in [0.29, 0.717) is 13.0 Å². The van der Waals surface area contributed by atoms with Crippen molar-refractivity contribution in [2.75, 3.05) is 26.2 Å². The van der Waals surface area contributed by atoms with Crippen molar-refractivity contribution in [3.05, 3.63) is 30.1 Å². The number of carbonyl (C=O) groups is 2. The monoisotopic (exact) mass is 432 g/mol. The molecule has 1 aliphatic heterocycles. The zero-order valence-electron chi connectivity index (χ0n) is 17.5. The minimum atomic E-state index is -0.0231. The van der Waals surface area contributed by atoms with Gasteiger partial charge in [-0.3, -0.25) is 14.6 Å². The fourth-order valence-electron chi connectivity index (χ4n) is 7.06. The molecule has 4 aliphatic carbocycles. The Labute approximate surface area is 185 Å². The molecule has 5 fully saturated rings. The van der Waals surface area contributed by atoms with Crippen molar-refractivity contribution in [2.24, 2.45) is 23.2 Å². The van der Waals surface area contributed by atoms with Crippen LogP contribution < -0.4 is 10.6 Å². The van der Waals surface area contributed by atoms with Crippen molar-refractivity contribution < 1.29 is 9.59 Å². The van der Waals surface area contributed by atoms with Crippen molar-refractivity contribution in [3.63, 3.8) is 0 Å². The van der Waals surface area contributed by atoms with Crippen molar-refractivity contribution >= 4 is 24.2 Å². The van der Waals surface area contributed by atoms with E-state index in [9.17, 15) is 9.59 Å².